The zero-order valence-corrected chi connectivity index (χ0v) is 16.6. The Hall–Kier alpha value is -1.85. The van der Waals surface area contributed by atoms with Crippen LogP contribution in [-0.4, -0.2) is 59.8 Å². The van der Waals surface area contributed by atoms with Crippen LogP contribution in [0.4, 0.5) is 11.6 Å². The van der Waals surface area contributed by atoms with Gasteiger partial charge in [-0.3, -0.25) is 4.79 Å². The topological polar surface area (TPSA) is 52.6 Å². The molecule has 3 fully saturated rings. The fraction of sp³-hybridized carbons (Fsp3) is 0.762. The van der Waals surface area contributed by atoms with Gasteiger partial charge >= 0.3 is 0 Å². The molecule has 4 rings (SSSR count). The molecule has 1 aromatic rings. The summed E-state index contributed by atoms with van der Waals surface area (Å²) < 4.78 is 0. The van der Waals surface area contributed by atoms with Crippen LogP contribution < -0.4 is 9.80 Å². The maximum absolute atomic E-state index is 12.7. The van der Waals surface area contributed by atoms with E-state index in [-0.39, 0.29) is 5.92 Å². The highest BCUT2D eigenvalue weighted by atomic mass is 16.2. The van der Waals surface area contributed by atoms with Crippen molar-refractivity contribution in [1.29, 1.82) is 0 Å². The summed E-state index contributed by atoms with van der Waals surface area (Å²) >= 11 is 0. The predicted octanol–water partition coefficient (Wildman–Crippen LogP) is 3.08. The van der Waals surface area contributed by atoms with E-state index in [1.54, 1.807) is 0 Å². The average molecular weight is 372 g/mol. The van der Waals surface area contributed by atoms with E-state index in [0.717, 1.165) is 57.2 Å². The van der Waals surface area contributed by atoms with Crippen LogP contribution in [0.5, 0.6) is 0 Å². The number of rotatable bonds is 3. The molecule has 1 atom stereocenters. The SMILES string of the molecule is C[C@@H]1CCCCN1c1ccc(N2CCN(C(=O)C3CCCCC3)CC2)nn1. The van der Waals surface area contributed by atoms with Gasteiger partial charge in [0, 0.05) is 44.7 Å². The Morgan fingerprint density at radius 3 is 2.19 bits per heavy atom. The number of piperazine rings is 1. The van der Waals surface area contributed by atoms with Crippen molar-refractivity contribution in [2.24, 2.45) is 5.92 Å². The summed E-state index contributed by atoms with van der Waals surface area (Å²) in [6, 6.07) is 4.76. The van der Waals surface area contributed by atoms with Crippen molar-refractivity contribution in [2.45, 2.75) is 64.3 Å². The van der Waals surface area contributed by atoms with Crippen LogP contribution in [0.25, 0.3) is 0 Å². The number of anilines is 2. The summed E-state index contributed by atoms with van der Waals surface area (Å²) in [5.41, 5.74) is 0. The second kappa shape index (κ2) is 8.44. The lowest BCUT2D eigenvalue weighted by atomic mass is 9.88. The van der Waals surface area contributed by atoms with Crippen LogP contribution in [0.3, 0.4) is 0 Å². The van der Waals surface area contributed by atoms with Gasteiger partial charge in [-0.05, 0) is 51.2 Å². The van der Waals surface area contributed by atoms with E-state index in [2.05, 4.69) is 44.0 Å². The molecule has 0 aromatic carbocycles. The highest BCUT2D eigenvalue weighted by molar-refractivity contribution is 5.79. The molecule has 6 nitrogen and oxygen atoms in total. The lowest BCUT2D eigenvalue weighted by Gasteiger charge is -2.38. The van der Waals surface area contributed by atoms with Crippen LogP contribution in [0.2, 0.25) is 0 Å². The van der Waals surface area contributed by atoms with Gasteiger partial charge in [0.2, 0.25) is 5.91 Å². The van der Waals surface area contributed by atoms with Gasteiger partial charge in [0.25, 0.3) is 0 Å². The van der Waals surface area contributed by atoms with Crippen molar-refractivity contribution in [2.75, 3.05) is 42.5 Å². The third-order valence-electron chi connectivity index (χ3n) is 6.60. The largest absolute Gasteiger partial charge is 0.352 e. The lowest BCUT2D eigenvalue weighted by molar-refractivity contribution is -0.136. The quantitative estimate of drug-likeness (QED) is 0.817. The molecule has 2 aliphatic heterocycles. The molecule has 0 unspecified atom stereocenters. The van der Waals surface area contributed by atoms with E-state index in [1.807, 2.05) is 0 Å². The smallest absolute Gasteiger partial charge is 0.225 e. The Labute approximate surface area is 162 Å². The van der Waals surface area contributed by atoms with Gasteiger partial charge in [0.05, 0.1) is 0 Å². The molecule has 1 aromatic heterocycles. The molecule has 148 valence electrons. The number of nitrogens with zero attached hydrogens (tertiary/aromatic N) is 5. The number of carbonyl (C=O) groups is 1. The molecule has 1 amide bonds. The highest BCUT2D eigenvalue weighted by Crippen LogP contribution is 2.27. The summed E-state index contributed by atoms with van der Waals surface area (Å²) in [5.74, 6) is 2.59. The van der Waals surface area contributed by atoms with E-state index in [9.17, 15) is 4.79 Å². The van der Waals surface area contributed by atoms with Crippen molar-refractivity contribution in [3.63, 3.8) is 0 Å². The van der Waals surface area contributed by atoms with Crippen LogP contribution in [-0.2, 0) is 4.79 Å². The molecular weight excluding hydrogens is 338 g/mol. The van der Waals surface area contributed by atoms with Gasteiger partial charge < -0.3 is 14.7 Å². The number of hydrogen-bond acceptors (Lipinski definition) is 5. The fourth-order valence-corrected chi connectivity index (χ4v) is 4.84. The van der Waals surface area contributed by atoms with Crippen molar-refractivity contribution in [3.8, 4) is 0 Å². The molecule has 6 heteroatoms. The minimum absolute atomic E-state index is 0.274. The third kappa shape index (κ3) is 4.19. The maximum Gasteiger partial charge on any atom is 0.225 e. The Bertz CT molecular complexity index is 620. The maximum atomic E-state index is 12.7. The summed E-state index contributed by atoms with van der Waals surface area (Å²) in [6.07, 6.45) is 9.68. The normalized spacial score (nSPS) is 24.9. The Morgan fingerprint density at radius 1 is 0.852 bits per heavy atom. The molecule has 0 bridgehead atoms. The number of amides is 1. The summed E-state index contributed by atoms with van der Waals surface area (Å²) in [7, 11) is 0. The van der Waals surface area contributed by atoms with Crippen LogP contribution >= 0.6 is 0 Å². The van der Waals surface area contributed by atoms with E-state index >= 15 is 0 Å². The van der Waals surface area contributed by atoms with Gasteiger partial charge in [0.1, 0.15) is 0 Å². The zero-order valence-electron chi connectivity index (χ0n) is 16.6. The van der Waals surface area contributed by atoms with Crippen molar-refractivity contribution in [1.82, 2.24) is 15.1 Å². The molecule has 0 radical (unpaired) electrons. The molecule has 0 N–H and O–H groups in total. The van der Waals surface area contributed by atoms with E-state index in [4.69, 9.17) is 0 Å². The first-order valence-electron chi connectivity index (χ1n) is 10.9. The summed E-state index contributed by atoms with van der Waals surface area (Å²) in [6.45, 7) is 6.68. The van der Waals surface area contributed by atoms with Gasteiger partial charge in [-0.1, -0.05) is 19.3 Å². The number of piperidine rings is 1. The van der Waals surface area contributed by atoms with Crippen molar-refractivity contribution in [3.05, 3.63) is 12.1 Å². The molecule has 0 spiro atoms. The van der Waals surface area contributed by atoms with Crippen LogP contribution in [0.15, 0.2) is 12.1 Å². The van der Waals surface area contributed by atoms with Crippen molar-refractivity contribution < 1.29 is 4.79 Å². The molecule has 1 aliphatic carbocycles. The van der Waals surface area contributed by atoms with E-state index in [1.165, 1.54) is 38.5 Å². The molecule has 1 saturated carbocycles. The van der Waals surface area contributed by atoms with E-state index in [0.29, 0.717) is 11.9 Å². The Balaban J connectivity index is 1.32. The summed E-state index contributed by atoms with van der Waals surface area (Å²) in [5, 5.41) is 9.01. The first-order valence-corrected chi connectivity index (χ1v) is 10.9. The Kier molecular flexibility index (Phi) is 5.79. The minimum Gasteiger partial charge on any atom is -0.352 e. The fourth-order valence-electron chi connectivity index (χ4n) is 4.84. The van der Waals surface area contributed by atoms with Crippen molar-refractivity contribution >= 4 is 17.5 Å². The lowest BCUT2D eigenvalue weighted by Crippen LogP contribution is -2.50. The van der Waals surface area contributed by atoms with Gasteiger partial charge in [-0.15, -0.1) is 10.2 Å². The molecular formula is C21H33N5O. The zero-order chi connectivity index (χ0) is 18.6. The molecule has 3 aliphatic rings. The Morgan fingerprint density at radius 2 is 1.52 bits per heavy atom. The number of aromatic nitrogens is 2. The monoisotopic (exact) mass is 371 g/mol. The van der Waals surface area contributed by atoms with Crippen LogP contribution in [0.1, 0.15) is 58.3 Å². The second-order valence-corrected chi connectivity index (χ2v) is 8.44. The third-order valence-corrected chi connectivity index (χ3v) is 6.60. The average Bonchev–Trinajstić information content (AvgIpc) is 2.74. The standard InChI is InChI=1S/C21H33N5O/c1-17-7-5-6-12-26(17)20-11-10-19(22-23-20)24-13-15-25(16-14-24)21(27)18-8-3-2-4-9-18/h10-11,17-18H,2-9,12-16H2,1H3/t17-/m1/s1. The van der Waals surface area contributed by atoms with Gasteiger partial charge in [-0.2, -0.15) is 0 Å². The summed E-state index contributed by atoms with van der Waals surface area (Å²) in [4.78, 5) is 19.4. The second-order valence-electron chi connectivity index (χ2n) is 8.44. The van der Waals surface area contributed by atoms with Gasteiger partial charge in [0.15, 0.2) is 11.6 Å². The number of carbonyl (C=O) groups excluding carboxylic acids is 1. The molecule has 27 heavy (non-hydrogen) atoms. The minimum atomic E-state index is 0.274. The van der Waals surface area contributed by atoms with Gasteiger partial charge in [-0.25, -0.2) is 0 Å². The molecule has 2 saturated heterocycles. The predicted molar refractivity (Wildman–Crippen MR) is 108 cm³/mol. The first kappa shape index (κ1) is 18.5. The highest BCUT2D eigenvalue weighted by Gasteiger charge is 2.29. The number of hydrogen-bond donors (Lipinski definition) is 0. The first-order chi connectivity index (χ1) is 13.2. The van der Waals surface area contributed by atoms with E-state index < -0.39 is 0 Å². The molecule has 3 heterocycles. The van der Waals surface area contributed by atoms with Crippen LogP contribution in [0, 0.1) is 5.92 Å².